The van der Waals surface area contributed by atoms with Crippen molar-refractivity contribution in [1.29, 1.82) is 0 Å². The molecule has 0 saturated heterocycles. The van der Waals surface area contributed by atoms with E-state index in [2.05, 4.69) is 5.32 Å². The van der Waals surface area contributed by atoms with Gasteiger partial charge in [0, 0.05) is 25.7 Å². The molecular formula is C11H15FN2O. The van der Waals surface area contributed by atoms with E-state index in [4.69, 9.17) is 0 Å². The van der Waals surface area contributed by atoms with Crippen LogP contribution in [0.1, 0.15) is 10.4 Å². The van der Waals surface area contributed by atoms with Gasteiger partial charge in [0.05, 0.1) is 0 Å². The molecule has 1 amide bonds. The second-order valence-electron chi connectivity index (χ2n) is 3.34. The molecule has 0 aliphatic rings. The summed E-state index contributed by atoms with van der Waals surface area (Å²) in [7, 11) is 3.52. The Bertz CT molecular complexity index is 341. The molecule has 1 aromatic carbocycles. The number of nitrogens with zero attached hydrogens (tertiary/aromatic N) is 1. The molecule has 1 aromatic rings. The van der Waals surface area contributed by atoms with Crippen LogP contribution in [0, 0.1) is 5.82 Å². The van der Waals surface area contributed by atoms with E-state index in [0.29, 0.717) is 12.1 Å². The molecule has 0 fully saturated rings. The van der Waals surface area contributed by atoms with E-state index in [0.717, 1.165) is 6.54 Å². The van der Waals surface area contributed by atoms with Crippen LogP contribution >= 0.6 is 0 Å². The summed E-state index contributed by atoms with van der Waals surface area (Å²) in [5.74, 6) is -0.549. The van der Waals surface area contributed by atoms with Crippen LogP contribution < -0.4 is 5.32 Å². The number of hydrogen-bond acceptors (Lipinski definition) is 2. The van der Waals surface area contributed by atoms with Crippen molar-refractivity contribution in [2.45, 2.75) is 0 Å². The highest BCUT2D eigenvalue weighted by molar-refractivity contribution is 5.94. The summed E-state index contributed by atoms with van der Waals surface area (Å²) < 4.78 is 12.9. The van der Waals surface area contributed by atoms with Gasteiger partial charge in [0.1, 0.15) is 5.82 Å². The minimum atomic E-state index is -0.386. The number of hydrogen-bond donors (Lipinski definition) is 1. The molecule has 0 bridgehead atoms. The van der Waals surface area contributed by atoms with E-state index in [1.54, 1.807) is 18.0 Å². The minimum absolute atomic E-state index is 0.162. The van der Waals surface area contributed by atoms with Crippen molar-refractivity contribution in [2.75, 3.05) is 27.2 Å². The molecule has 4 heteroatoms. The van der Waals surface area contributed by atoms with Crippen LogP contribution in [0.4, 0.5) is 4.39 Å². The van der Waals surface area contributed by atoms with E-state index in [1.807, 2.05) is 7.05 Å². The maximum Gasteiger partial charge on any atom is 0.253 e. The van der Waals surface area contributed by atoms with Gasteiger partial charge in [-0.15, -0.1) is 0 Å². The fraction of sp³-hybridized carbons (Fsp3) is 0.364. The molecule has 0 spiro atoms. The van der Waals surface area contributed by atoms with E-state index in [-0.39, 0.29) is 11.7 Å². The highest BCUT2D eigenvalue weighted by Crippen LogP contribution is 2.05. The SMILES string of the molecule is CNCCN(C)C(=O)c1cccc(F)c1. The van der Waals surface area contributed by atoms with Crippen molar-refractivity contribution in [1.82, 2.24) is 10.2 Å². The van der Waals surface area contributed by atoms with Crippen LogP contribution in [0.25, 0.3) is 0 Å². The molecule has 0 radical (unpaired) electrons. The lowest BCUT2D eigenvalue weighted by molar-refractivity contribution is 0.0796. The lowest BCUT2D eigenvalue weighted by Gasteiger charge is -2.16. The van der Waals surface area contributed by atoms with Gasteiger partial charge in [-0.1, -0.05) is 6.07 Å². The largest absolute Gasteiger partial charge is 0.340 e. The van der Waals surface area contributed by atoms with Gasteiger partial charge in [-0.3, -0.25) is 4.79 Å². The predicted octanol–water partition coefficient (Wildman–Crippen LogP) is 1.12. The van der Waals surface area contributed by atoms with Gasteiger partial charge in [-0.05, 0) is 25.2 Å². The number of rotatable bonds is 4. The minimum Gasteiger partial charge on any atom is -0.340 e. The summed E-state index contributed by atoms with van der Waals surface area (Å²) in [6.45, 7) is 1.32. The van der Waals surface area contributed by atoms with Crippen molar-refractivity contribution in [3.05, 3.63) is 35.6 Å². The Labute approximate surface area is 88.9 Å². The Morgan fingerprint density at radius 3 is 2.87 bits per heavy atom. The van der Waals surface area contributed by atoms with Crippen molar-refractivity contribution in [3.8, 4) is 0 Å². The van der Waals surface area contributed by atoms with Gasteiger partial charge < -0.3 is 10.2 Å². The van der Waals surface area contributed by atoms with Gasteiger partial charge in [-0.2, -0.15) is 0 Å². The number of carbonyl (C=O) groups is 1. The summed E-state index contributed by atoms with van der Waals surface area (Å²) >= 11 is 0. The van der Waals surface area contributed by atoms with E-state index in [9.17, 15) is 9.18 Å². The second kappa shape index (κ2) is 5.46. The van der Waals surface area contributed by atoms with Gasteiger partial charge in [0.15, 0.2) is 0 Å². The average molecular weight is 210 g/mol. The number of nitrogens with one attached hydrogen (secondary N) is 1. The molecule has 0 aromatic heterocycles. The topological polar surface area (TPSA) is 32.3 Å². The fourth-order valence-electron chi connectivity index (χ4n) is 1.22. The number of likely N-dealkylation sites (N-methyl/N-ethyl adjacent to an activating group) is 2. The molecule has 82 valence electrons. The van der Waals surface area contributed by atoms with Gasteiger partial charge in [-0.25, -0.2) is 4.39 Å². The third-order valence-corrected chi connectivity index (χ3v) is 2.12. The third kappa shape index (κ3) is 3.32. The number of amides is 1. The zero-order chi connectivity index (χ0) is 11.3. The summed E-state index contributed by atoms with van der Waals surface area (Å²) in [6.07, 6.45) is 0. The molecule has 15 heavy (non-hydrogen) atoms. The molecule has 0 heterocycles. The zero-order valence-corrected chi connectivity index (χ0v) is 8.96. The van der Waals surface area contributed by atoms with Crippen molar-refractivity contribution < 1.29 is 9.18 Å². The van der Waals surface area contributed by atoms with Crippen LogP contribution in [-0.2, 0) is 0 Å². The quantitative estimate of drug-likeness (QED) is 0.807. The molecule has 1 N–H and O–H groups in total. The van der Waals surface area contributed by atoms with Gasteiger partial charge >= 0.3 is 0 Å². The van der Waals surface area contributed by atoms with Crippen molar-refractivity contribution in [3.63, 3.8) is 0 Å². The molecular weight excluding hydrogens is 195 g/mol. The molecule has 0 aliphatic heterocycles. The number of halogens is 1. The Kier molecular flexibility index (Phi) is 4.24. The van der Waals surface area contributed by atoms with Crippen LogP contribution in [0.15, 0.2) is 24.3 Å². The van der Waals surface area contributed by atoms with Crippen LogP contribution in [-0.4, -0.2) is 38.0 Å². The first-order chi connectivity index (χ1) is 7.15. The molecule has 3 nitrogen and oxygen atoms in total. The lowest BCUT2D eigenvalue weighted by atomic mass is 10.2. The smallest absolute Gasteiger partial charge is 0.253 e. The number of benzene rings is 1. The van der Waals surface area contributed by atoms with E-state index >= 15 is 0 Å². The van der Waals surface area contributed by atoms with Gasteiger partial charge in [0.2, 0.25) is 0 Å². The highest BCUT2D eigenvalue weighted by Gasteiger charge is 2.10. The molecule has 0 atom stereocenters. The first kappa shape index (κ1) is 11.7. The Morgan fingerprint density at radius 1 is 1.53 bits per heavy atom. The molecule has 1 rings (SSSR count). The summed E-state index contributed by atoms with van der Waals surface area (Å²) in [6, 6.07) is 5.72. The molecule has 0 saturated carbocycles. The van der Waals surface area contributed by atoms with Crippen molar-refractivity contribution in [2.24, 2.45) is 0 Å². The van der Waals surface area contributed by atoms with Gasteiger partial charge in [0.25, 0.3) is 5.91 Å². The fourth-order valence-corrected chi connectivity index (χ4v) is 1.22. The first-order valence-corrected chi connectivity index (χ1v) is 4.81. The normalized spacial score (nSPS) is 10.1. The second-order valence-corrected chi connectivity index (χ2v) is 3.34. The van der Waals surface area contributed by atoms with E-state index in [1.165, 1.54) is 18.2 Å². The highest BCUT2D eigenvalue weighted by atomic mass is 19.1. The summed E-state index contributed by atoms with van der Waals surface area (Å²) in [5.41, 5.74) is 0.383. The predicted molar refractivity (Wildman–Crippen MR) is 57.3 cm³/mol. The Balaban J connectivity index is 2.67. The average Bonchev–Trinajstić information content (AvgIpc) is 2.24. The Morgan fingerprint density at radius 2 is 2.27 bits per heavy atom. The zero-order valence-electron chi connectivity index (χ0n) is 8.96. The maximum atomic E-state index is 12.9. The van der Waals surface area contributed by atoms with Crippen molar-refractivity contribution >= 4 is 5.91 Å². The monoisotopic (exact) mass is 210 g/mol. The molecule has 0 unspecified atom stereocenters. The summed E-state index contributed by atoms with van der Waals surface area (Å²) in [5, 5.41) is 2.95. The van der Waals surface area contributed by atoms with Crippen LogP contribution in [0.3, 0.4) is 0 Å². The first-order valence-electron chi connectivity index (χ1n) is 4.81. The maximum absolute atomic E-state index is 12.9. The Hall–Kier alpha value is -1.42. The van der Waals surface area contributed by atoms with Crippen LogP contribution in [0.2, 0.25) is 0 Å². The van der Waals surface area contributed by atoms with Crippen LogP contribution in [0.5, 0.6) is 0 Å². The number of carbonyl (C=O) groups excluding carboxylic acids is 1. The lowest BCUT2D eigenvalue weighted by Crippen LogP contribution is -2.32. The van der Waals surface area contributed by atoms with E-state index < -0.39 is 0 Å². The standard InChI is InChI=1S/C11H15FN2O/c1-13-6-7-14(2)11(15)9-4-3-5-10(12)8-9/h3-5,8,13H,6-7H2,1-2H3. The third-order valence-electron chi connectivity index (χ3n) is 2.12. The molecule has 0 aliphatic carbocycles. The summed E-state index contributed by atoms with van der Waals surface area (Å²) in [4.78, 5) is 13.3.